The third-order valence-electron chi connectivity index (χ3n) is 4.11. The Balaban J connectivity index is 1.56. The highest BCUT2D eigenvalue weighted by molar-refractivity contribution is 7.09. The molecule has 0 bridgehead atoms. The van der Waals surface area contributed by atoms with Gasteiger partial charge >= 0.3 is 0 Å². The molecule has 4 nitrogen and oxygen atoms in total. The normalized spacial score (nSPS) is 17.6. The number of thiophene rings is 1. The first-order valence-electron chi connectivity index (χ1n) is 8.47. The van der Waals surface area contributed by atoms with E-state index in [4.69, 9.17) is 0 Å². The summed E-state index contributed by atoms with van der Waals surface area (Å²) in [4.78, 5) is 8.33. The van der Waals surface area contributed by atoms with Gasteiger partial charge in [0.15, 0.2) is 5.96 Å². The number of hydrogen-bond acceptors (Lipinski definition) is 3. The molecule has 1 aromatic rings. The fourth-order valence-corrected chi connectivity index (χ4v) is 3.72. The van der Waals surface area contributed by atoms with Gasteiger partial charge in [0.1, 0.15) is 0 Å². The largest absolute Gasteiger partial charge is 0.356 e. The summed E-state index contributed by atoms with van der Waals surface area (Å²) in [5.74, 6) is 1.54. The third kappa shape index (κ3) is 6.36. The summed E-state index contributed by atoms with van der Waals surface area (Å²) in [5, 5.41) is 9.01. The van der Waals surface area contributed by atoms with Crippen LogP contribution >= 0.6 is 11.3 Å². The van der Waals surface area contributed by atoms with Gasteiger partial charge in [-0.1, -0.05) is 13.0 Å². The molecule has 1 aliphatic rings. The molecule has 2 N–H and O–H groups in total. The molecule has 2 heterocycles. The Hall–Kier alpha value is -1.07. The van der Waals surface area contributed by atoms with Gasteiger partial charge in [0, 0.05) is 25.0 Å². The van der Waals surface area contributed by atoms with Crippen molar-refractivity contribution in [2.45, 2.75) is 32.6 Å². The zero-order valence-electron chi connectivity index (χ0n) is 14.0. The quantitative estimate of drug-likeness (QED) is 0.439. The van der Waals surface area contributed by atoms with Crippen molar-refractivity contribution >= 4 is 17.3 Å². The molecule has 22 heavy (non-hydrogen) atoms. The molecule has 2 rings (SSSR count). The number of nitrogens with one attached hydrogen (secondary N) is 2. The van der Waals surface area contributed by atoms with Gasteiger partial charge in [-0.3, -0.25) is 4.99 Å². The lowest BCUT2D eigenvalue weighted by atomic mass is 10.1. The Morgan fingerprint density at radius 2 is 2.18 bits per heavy atom. The fraction of sp³-hybridized carbons (Fsp3) is 0.706. The summed E-state index contributed by atoms with van der Waals surface area (Å²) in [7, 11) is 1.85. The van der Waals surface area contributed by atoms with E-state index in [1.54, 1.807) is 0 Å². The van der Waals surface area contributed by atoms with E-state index in [0.29, 0.717) is 5.92 Å². The van der Waals surface area contributed by atoms with Gasteiger partial charge in [-0.2, -0.15) is 0 Å². The number of likely N-dealkylation sites (tertiary alicyclic amines) is 1. The minimum absolute atomic E-state index is 0.613. The second-order valence-electron chi connectivity index (χ2n) is 6.17. The molecule has 1 saturated heterocycles. The number of rotatable bonds is 8. The lowest BCUT2D eigenvalue weighted by molar-refractivity contribution is 0.334. The van der Waals surface area contributed by atoms with E-state index in [2.05, 4.69) is 45.0 Å². The maximum Gasteiger partial charge on any atom is 0.190 e. The summed E-state index contributed by atoms with van der Waals surface area (Å²) < 4.78 is 0. The van der Waals surface area contributed by atoms with Crippen molar-refractivity contribution < 1.29 is 0 Å². The van der Waals surface area contributed by atoms with Crippen molar-refractivity contribution in [3.05, 3.63) is 22.4 Å². The van der Waals surface area contributed by atoms with Crippen LogP contribution in [0, 0.1) is 5.92 Å². The molecule has 0 amide bonds. The van der Waals surface area contributed by atoms with Gasteiger partial charge in [0.25, 0.3) is 0 Å². The predicted octanol–water partition coefficient (Wildman–Crippen LogP) is 2.58. The summed E-state index contributed by atoms with van der Waals surface area (Å²) in [6, 6.07) is 4.34. The zero-order valence-corrected chi connectivity index (χ0v) is 14.8. The van der Waals surface area contributed by atoms with Crippen molar-refractivity contribution in [2.24, 2.45) is 10.9 Å². The number of hydrogen-bond donors (Lipinski definition) is 2. The molecule has 0 saturated carbocycles. The van der Waals surface area contributed by atoms with Crippen LogP contribution in [0.1, 0.15) is 31.1 Å². The van der Waals surface area contributed by atoms with Gasteiger partial charge in [-0.25, -0.2) is 0 Å². The monoisotopic (exact) mass is 322 g/mol. The minimum Gasteiger partial charge on any atom is -0.356 e. The second-order valence-corrected chi connectivity index (χ2v) is 7.20. The second kappa shape index (κ2) is 9.85. The molecule has 1 atom stereocenters. The molecule has 0 spiro atoms. The van der Waals surface area contributed by atoms with E-state index in [1.807, 2.05) is 18.4 Å². The predicted molar refractivity (Wildman–Crippen MR) is 96.8 cm³/mol. The van der Waals surface area contributed by atoms with Gasteiger partial charge in [0.05, 0.1) is 0 Å². The Morgan fingerprint density at radius 3 is 2.86 bits per heavy atom. The summed E-state index contributed by atoms with van der Waals surface area (Å²) in [5.41, 5.74) is 0. The Morgan fingerprint density at radius 1 is 1.36 bits per heavy atom. The van der Waals surface area contributed by atoms with Gasteiger partial charge in [0.2, 0.25) is 0 Å². The average molecular weight is 323 g/mol. The zero-order chi connectivity index (χ0) is 15.6. The average Bonchev–Trinajstić information content (AvgIpc) is 3.20. The van der Waals surface area contributed by atoms with Crippen LogP contribution < -0.4 is 10.6 Å². The summed E-state index contributed by atoms with van der Waals surface area (Å²) in [6.45, 7) is 8.02. The number of aliphatic imine (C=N–C) groups is 1. The SMILES string of the molecule is CN=C(NCCCN1CCCC1)NCC(C)Cc1cccs1. The maximum atomic E-state index is 4.31. The van der Waals surface area contributed by atoms with E-state index in [9.17, 15) is 0 Å². The highest BCUT2D eigenvalue weighted by Gasteiger charge is 2.10. The van der Waals surface area contributed by atoms with Crippen LogP contribution in [-0.4, -0.2) is 50.6 Å². The standard InChI is InChI=1S/C17H30N4S/c1-15(13-16-7-5-12-22-16)14-20-17(18-2)19-8-6-11-21-9-3-4-10-21/h5,7,12,15H,3-4,6,8-11,13-14H2,1-2H3,(H2,18,19,20). The molecule has 1 aromatic heterocycles. The first-order chi connectivity index (χ1) is 10.8. The summed E-state index contributed by atoms with van der Waals surface area (Å²) in [6.07, 6.45) is 5.07. The Kier molecular flexibility index (Phi) is 7.74. The number of guanidine groups is 1. The minimum atomic E-state index is 0.613. The van der Waals surface area contributed by atoms with E-state index in [-0.39, 0.29) is 0 Å². The van der Waals surface area contributed by atoms with E-state index >= 15 is 0 Å². The third-order valence-corrected chi connectivity index (χ3v) is 5.01. The molecule has 5 heteroatoms. The van der Waals surface area contributed by atoms with Crippen LogP contribution in [0.25, 0.3) is 0 Å². The van der Waals surface area contributed by atoms with Crippen molar-refractivity contribution in [1.29, 1.82) is 0 Å². The van der Waals surface area contributed by atoms with Crippen molar-refractivity contribution in [1.82, 2.24) is 15.5 Å². The number of nitrogens with zero attached hydrogens (tertiary/aromatic N) is 2. The molecule has 0 aromatic carbocycles. The maximum absolute atomic E-state index is 4.31. The molecule has 1 aliphatic heterocycles. The molecule has 0 radical (unpaired) electrons. The van der Waals surface area contributed by atoms with E-state index in [0.717, 1.165) is 25.5 Å². The molecular formula is C17H30N4S. The van der Waals surface area contributed by atoms with Crippen LogP contribution in [0.4, 0.5) is 0 Å². The first kappa shape index (κ1) is 17.3. The lowest BCUT2D eigenvalue weighted by Gasteiger charge is -2.17. The molecule has 1 fully saturated rings. The highest BCUT2D eigenvalue weighted by Crippen LogP contribution is 2.13. The van der Waals surface area contributed by atoms with Crippen LogP contribution in [0.3, 0.4) is 0 Å². The molecule has 0 aliphatic carbocycles. The smallest absolute Gasteiger partial charge is 0.190 e. The van der Waals surface area contributed by atoms with Crippen molar-refractivity contribution in [3.63, 3.8) is 0 Å². The molecule has 124 valence electrons. The van der Waals surface area contributed by atoms with Crippen LogP contribution in [0.2, 0.25) is 0 Å². The fourth-order valence-electron chi connectivity index (χ4n) is 2.85. The van der Waals surface area contributed by atoms with Crippen LogP contribution in [0.15, 0.2) is 22.5 Å². The molecule has 1 unspecified atom stereocenters. The van der Waals surface area contributed by atoms with Gasteiger partial charge in [-0.15, -0.1) is 11.3 Å². The van der Waals surface area contributed by atoms with Crippen molar-refractivity contribution in [3.8, 4) is 0 Å². The van der Waals surface area contributed by atoms with Gasteiger partial charge < -0.3 is 15.5 Å². The first-order valence-corrected chi connectivity index (χ1v) is 9.35. The highest BCUT2D eigenvalue weighted by atomic mass is 32.1. The summed E-state index contributed by atoms with van der Waals surface area (Å²) >= 11 is 1.84. The Bertz CT molecular complexity index is 424. The van der Waals surface area contributed by atoms with Crippen LogP contribution in [0.5, 0.6) is 0 Å². The van der Waals surface area contributed by atoms with E-state index < -0.39 is 0 Å². The molecular weight excluding hydrogens is 292 g/mol. The van der Waals surface area contributed by atoms with Crippen molar-refractivity contribution in [2.75, 3.05) is 39.8 Å². The Labute approximate surface area is 139 Å². The van der Waals surface area contributed by atoms with Crippen LogP contribution in [-0.2, 0) is 6.42 Å². The van der Waals surface area contributed by atoms with E-state index in [1.165, 1.54) is 43.8 Å². The lowest BCUT2D eigenvalue weighted by Crippen LogP contribution is -2.40. The topological polar surface area (TPSA) is 39.7 Å². The van der Waals surface area contributed by atoms with Gasteiger partial charge in [-0.05, 0) is 62.7 Å².